The van der Waals surface area contributed by atoms with Crippen molar-refractivity contribution in [1.82, 2.24) is 4.98 Å². The molecule has 3 rings (SSSR count). The Labute approximate surface area is 133 Å². The van der Waals surface area contributed by atoms with Crippen molar-refractivity contribution in [3.8, 4) is 16.5 Å². The number of halogens is 2. The lowest BCUT2D eigenvalue weighted by Crippen LogP contribution is -1.98. The number of nitrogens with zero attached hydrogens (tertiary/aromatic N) is 1. The number of hydrogen-bond donors (Lipinski definition) is 0. The van der Waals surface area contributed by atoms with E-state index in [1.807, 2.05) is 24.4 Å². The van der Waals surface area contributed by atoms with E-state index in [0.29, 0.717) is 16.1 Å². The molecule has 0 amide bonds. The van der Waals surface area contributed by atoms with E-state index in [1.54, 1.807) is 17.4 Å². The first-order valence-electron chi connectivity index (χ1n) is 6.21. The van der Waals surface area contributed by atoms with E-state index >= 15 is 0 Å². The molecule has 0 aliphatic heterocycles. The van der Waals surface area contributed by atoms with Crippen LogP contribution in [0.1, 0.15) is 11.5 Å². The molecule has 0 aliphatic rings. The average Bonchev–Trinajstić information content (AvgIpc) is 3.07. The Kier molecular flexibility index (Phi) is 4.07. The van der Waals surface area contributed by atoms with Gasteiger partial charge in [-0.3, -0.25) is 0 Å². The second-order valence-electron chi connectivity index (χ2n) is 4.36. The number of aryl methyl sites for hydroxylation is 1. The molecular weight excluding hydrogens is 357 g/mol. The summed E-state index contributed by atoms with van der Waals surface area (Å²) in [6.45, 7) is 2.12. The largest absolute Gasteiger partial charge is 0.486 e. The molecule has 108 valence electrons. The van der Waals surface area contributed by atoms with Gasteiger partial charge in [0.05, 0.1) is 9.35 Å². The molecule has 0 spiro atoms. The summed E-state index contributed by atoms with van der Waals surface area (Å²) in [5.74, 6) is 1.57. The van der Waals surface area contributed by atoms with Gasteiger partial charge in [-0.1, -0.05) is 6.07 Å². The fraction of sp³-hybridized carbons (Fsp3) is 0.133. The Morgan fingerprint density at radius 1 is 1.38 bits per heavy atom. The standard InChI is InChI=1S/C15H11BrFNO2S/c1-9-12(18-15(20-9)14-3-2-6-21-14)8-19-13-5-4-10(17)7-11(13)16/h2-7H,8H2,1H3. The molecule has 0 saturated carbocycles. The third-order valence-electron chi connectivity index (χ3n) is 2.88. The van der Waals surface area contributed by atoms with Crippen molar-refractivity contribution in [3.05, 3.63) is 57.5 Å². The lowest BCUT2D eigenvalue weighted by molar-refractivity contribution is 0.297. The molecule has 2 heterocycles. The predicted molar refractivity (Wildman–Crippen MR) is 83.0 cm³/mol. The summed E-state index contributed by atoms with van der Waals surface area (Å²) in [6, 6.07) is 8.20. The summed E-state index contributed by atoms with van der Waals surface area (Å²) in [6.07, 6.45) is 0. The van der Waals surface area contributed by atoms with Crippen LogP contribution in [0.2, 0.25) is 0 Å². The van der Waals surface area contributed by atoms with Gasteiger partial charge in [0.15, 0.2) is 0 Å². The highest BCUT2D eigenvalue weighted by molar-refractivity contribution is 9.10. The summed E-state index contributed by atoms with van der Waals surface area (Å²) < 4.78 is 24.9. The Balaban J connectivity index is 1.76. The van der Waals surface area contributed by atoms with Gasteiger partial charge in [0, 0.05) is 0 Å². The zero-order chi connectivity index (χ0) is 14.8. The normalized spacial score (nSPS) is 10.8. The van der Waals surface area contributed by atoms with Crippen molar-refractivity contribution in [3.63, 3.8) is 0 Å². The van der Waals surface area contributed by atoms with Crippen molar-refractivity contribution in [2.45, 2.75) is 13.5 Å². The number of thiophene rings is 1. The molecule has 0 fully saturated rings. The maximum atomic E-state index is 13.0. The second-order valence-corrected chi connectivity index (χ2v) is 6.16. The van der Waals surface area contributed by atoms with Gasteiger partial charge in [-0.25, -0.2) is 9.37 Å². The van der Waals surface area contributed by atoms with Crippen LogP contribution in [-0.2, 0) is 6.61 Å². The highest BCUT2D eigenvalue weighted by atomic mass is 79.9. The highest BCUT2D eigenvalue weighted by Gasteiger charge is 2.13. The average molecular weight is 368 g/mol. The summed E-state index contributed by atoms with van der Waals surface area (Å²) >= 11 is 4.84. The molecule has 21 heavy (non-hydrogen) atoms. The molecule has 0 N–H and O–H groups in total. The Morgan fingerprint density at radius 2 is 2.24 bits per heavy atom. The second kappa shape index (κ2) is 5.99. The first kappa shape index (κ1) is 14.3. The van der Waals surface area contributed by atoms with Crippen molar-refractivity contribution in [2.75, 3.05) is 0 Å². The minimum absolute atomic E-state index is 0.269. The van der Waals surface area contributed by atoms with E-state index in [4.69, 9.17) is 9.15 Å². The smallest absolute Gasteiger partial charge is 0.236 e. The quantitative estimate of drug-likeness (QED) is 0.636. The number of oxazole rings is 1. The maximum absolute atomic E-state index is 13.0. The third kappa shape index (κ3) is 3.16. The van der Waals surface area contributed by atoms with Gasteiger partial charge in [-0.15, -0.1) is 11.3 Å². The van der Waals surface area contributed by atoms with Gasteiger partial charge in [0.25, 0.3) is 0 Å². The van der Waals surface area contributed by atoms with E-state index in [0.717, 1.165) is 16.3 Å². The molecule has 0 saturated heterocycles. The fourth-order valence-corrected chi connectivity index (χ4v) is 2.92. The zero-order valence-electron chi connectivity index (χ0n) is 11.1. The number of ether oxygens (including phenoxy) is 1. The first-order chi connectivity index (χ1) is 10.1. The molecular formula is C15H11BrFNO2S. The van der Waals surface area contributed by atoms with Crippen LogP contribution in [0.5, 0.6) is 5.75 Å². The van der Waals surface area contributed by atoms with E-state index in [-0.39, 0.29) is 12.4 Å². The molecule has 0 atom stereocenters. The number of benzene rings is 1. The molecule has 3 aromatic rings. The summed E-state index contributed by atoms with van der Waals surface area (Å²) in [7, 11) is 0. The zero-order valence-corrected chi connectivity index (χ0v) is 13.5. The van der Waals surface area contributed by atoms with Gasteiger partial charge in [-0.05, 0) is 52.5 Å². The van der Waals surface area contributed by atoms with Crippen LogP contribution in [0.4, 0.5) is 4.39 Å². The number of hydrogen-bond acceptors (Lipinski definition) is 4. The topological polar surface area (TPSA) is 35.3 Å². The van der Waals surface area contributed by atoms with Crippen LogP contribution in [0.25, 0.3) is 10.8 Å². The first-order valence-corrected chi connectivity index (χ1v) is 7.89. The minimum atomic E-state index is -0.313. The van der Waals surface area contributed by atoms with Gasteiger partial charge >= 0.3 is 0 Å². The van der Waals surface area contributed by atoms with E-state index < -0.39 is 0 Å². The van der Waals surface area contributed by atoms with Gasteiger partial charge in [0.2, 0.25) is 5.89 Å². The van der Waals surface area contributed by atoms with Crippen LogP contribution < -0.4 is 4.74 Å². The van der Waals surface area contributed by atoms with Crippen LogP contribution >= 0.6 is 27.3 Å². The van der Waals surface area contributed by atoms with E-state index in [2.05, 4.69) is 20.9 Å². The highest BCUT2D eigenvalue weighted by Crippen LogP contribution is 2.28. The molecule has 0 unspecified atom stereocenters. The lowest BCUT2D eigenvalue weighted by atomic mass is 10.3. The summed E-state index contributed by atoms with van der Waals surface area (Å²) in [5, 5.41) is 1.97. The monoisotopic (exact) mass is 367 g/mol. The van der Waals surface area contributed by atoms with Crippen LogP contribution in [0.3, 0.4) is 0 Å². The molecule has 0 bridgehead atoms. The third-order valence-corrected chi connectivity index (χ3v) is 4.36. The predicted octanol–water partition coefficient (Wildman–Crippen LogP) is 5.19. The number of aromatic nitrogens is 1. The minimum Gasteiger partial charge on any atom is -0.486 e. The van der Waals surface area contributed by atoms with E-state index in [1.165, 1.54) is 12.1 Å². The van der Waals surface area contributed by atoms with Crippen LogP contribution in [-0.4, -0.2) is 4.98 Å². The van der Waals surface area contributed by atoms with Crippen molar-refractivity contribution >= 4 is 27.3 Å². The van der Waals surface area contributed by atoms with Gasteiger partial charge in [0.1, 0.15) is 29.6 Å². The maximum Gasteiger partial charge on any atom is 0.236 e. The van der Waals surface area contributed by atoms with Crippen LogP contribution in [0, 0.1) is 12.7 Å². The fourth-order valence-electron chi connectivity index (χ4n) is 1.81. The van der Waals surface area contributed by atoms with Gasteiger partial charge in [-0.2, -0.15) is 0 Å². The Bertz CT molecular complexity index is 755. The summed E-state index contributed by atoms with van der Waals surface area (Å²) in [5.41, 5.74) is 0.731. The number of rotatable bonds is 4. The molecule has 3 nitrogen and oxygen atoms in total. The molecule has 0 radical (unpaired) electrons. The van der Waals surface area contributed by atoms with Gasteiger partial charge < -0.3 is 9.15 Å². The molecule has 1 aromatic carbocycles. The SMILES string of the molecule is Cc1oc(-c2cccs2)nc1COc1ccc(F)cc1Br. The Morgan fingerprint density at radius 3 is 2.95 bits per heavy atom. The van der Waals surface area contributed by atoms with E-state index in [9.17, 15) is 4.39 Å². The molecule has 2 aromatic heterocycles. The summed E-state index contributed by atoms with van der Waals surface area (Å²) in [4.78, 5) is 5.42. The molecule has 6 heteroatoms. The van der Waals surface area contributed by atoms with Crippen molar-refractivity contribution < 1.29 is 13.5 Å². The lowest BCUT2D eigenvalue weighted by Gasteiger charge is -2.06. The van der Waals surface area contributed by atoms with Crippen molar-refractivity contribution in [2.24, 2.45) is 0 Å². The molecule has 0 aliphatic carbocycles. The van der Waals surface area contributed by atoms with Crippen molar-refractivity contribution in [1.29, 1.82) is 0 Å². The van der Waals surface area contributed by atoms with Crippen LogP contribution in [0.15, 0.2) is 44.6 Å². The Hall–Kier alpha value is -1.66.